The van der Waals surface area contributed by atoms with E-state index in [9.17, 15) is 9.90 Å². The van der Waals surface area contributed by atoms with E-state index in [1.165, 1.54) is 11.1 Å². The summed E-state index contributed by atoms with van der Waals surface area (Å²) in [5, 5.41) is 18.0. The second-order valence-electron chi connectivity index (χ2n) is 7.89. The standard InChI is InChI=1S/C21H28N4O2/c1-3-10-24(2)18-16-6-4-5-7-17(16)21(19(18)26)8-11-25(12-9-21)20(27)15-13-22-23-14-15/h4-7,13-14,18-19,26H,3,8-12H2,1-2H3,(H,22,23)/t18-,19+/m1/s1. The number of H-pyrrole nitrogens is 1. The van der Waals surface area contributed by atoms with Crippen molar-refractivity contribution in [2.24, 2.45) is 0 Å². The molecule has 0 bridgehead atoms. The maximum Gasteiger partial charge on any atom is 0.257 e. The van der Waals surface area contributed by atoms with Crippen LogP contribution >= 0.6 is 0 Å². The molecule has 4 rings (SSSR count). The number of fused-ring (bicyclic) bond motifs is 2. The number of hydrogen-bond acceptors (Lipinski definition) is 4. The van der Waals surface area contributed by atoms with Crippen molar-refractivity contribution in [3.63, 3.8) is 0 Å². The number of rotatable bonds is 4. The highest BCUT2D eigenvalue weighted by Gasteiger charge is 2.53. The zero-order valence-corrected chi connectivity index (χ0v) is 16.1. The number of aromatic amines is 1. The normalized spacial score (nSPS) is 23.8. The van der Waals surface area contributed by atoms with Crippen molar-refractivity contribution in [1.29, 1.82) is 0 Å². The van der Waals surface area contributed by atoms with E-state index in [1.807, 2.05) is 4.90 Å². The first-order valence-corrected chi connectivity index (χ1v) is 9.84. The molecule has 0 saturated carbocycles. The van der Waals surface area contributed by atoms with E-state index >= 15 is 0 Å². The van der Waals surface area contributed by atoms with E-state index in [1.54, 1.807) is 12.4 Å². The molecular weight excluding hydrogens is 340 g/mol. The van der Waals surface area contributed by atoms with E-state index in [2.05, 4.69) is 53.3 Å². The van der Waals surface area contributed by atoms with Crippen LogP contribution in [0, 0.1) is 0 Å². The fourth-order valence-corrected chi connectivity index (χ4v) is 5.03. The van der Waals surface area contributed by atoms with Gasteiger partial charge in [-0.1, -0.05) is 31.2 Å². The lowest BCUT2D eigenvalue weighted by molar-refractivity contribution is -0.00705. The molecule has 2 heterocycles. The monoisotopic (exact) mass is 368 g/mol. The van der Waals surface area contributed by atoms with Crippen LogP contribution < -0.4 is 0 Å². The summed E-state index contributed by atoms with van der Waals surface area (Å²) in [5.41, 5.74) is 2.84. The first-order valence-electron chi connectivity index (χ1n) is 9.84. The maximum atomic E-state index is 12.6. The number of carbonyl (C=O) groups is 1. The fraction of sp³-hybridized carbons (Fsp3) is 0.524. The minimum absolute atomic E-state index is 0.0130. The Labute approximate surface area is 160 Å². The van der Waals surface area contributed by atoms with Gasteiger partial charge in [-0.25, -0.2) is 0 Å². The van der Waals surface area contributed by atoms with Crippen LogP contribution in [0.15, 0.2) is 36.7 Å². The highest BCUT2D eigenvalue weighted by Crippen LogP contribution is 2.52. The van der Waals surface area contributed by atoms with Crippen molar-refractivity contribution in [2.75, 3.05) is 26.7 Å². The molecule has 2 atom stereocenters. The summed E-state index contributed by atoms with van der Waals surface area (Å²) in [6.45, 7) is 4.43. The average molecular weight is 368 g/mol. The van der Waals surface area contributed by atoms with Gasteiger partial charge in [0.05, 0.1) is 23.9 Å². The van der Waals surface area contributed by atoms with E-state index in [0.29, 0.717) is 18.7 Å². The SMILES string of the molecule is CCCN(C)[C@@H]1c2ccccc2C2(CCN(C(=O)c3cn[nH]c3)CC2)[C@H]1O. The van der Waals surface area contributed by atoms with E-state index < -0.39 is 6.10 Å². The summed E-state index contributed by atoms with van der Waals surface area (Å²) in [4.78, 5) is 16.8. The number of likely N-dealkylation sites (N-methyl/N-ethyl adjacent to an activating group) is 1. The molecule has 1 saturated heterocycles. The number of nitrogens with zero attached hydrogens (tertiary/aromatic N) is 3. The van der Waals surface area contributed by atoms with Crippen LogP contribution in [0.5, 0.6) is 0 Å². The van der Waals surface area contributed by atoms with Crippen LogP contribution in [0.2, 0.25) is 0 Å². The summed E-state index contributed by atoms with van der Waals surface area (Å²) in [6.07, 6.45) is 5.39. The highest BCUT2D eigenvalue weighted by molar-refractivity contribution is 5.93. The molecule has 0 unspecified atom stereocenters. The molecule has 2 aromatic rings. The van der Waals surface area contributed by atoms with E-state index in [4.69, 9.17) is 0 Å². The second-order valence-corrected chi connectivity index (χ2v) is 7.89. The van der Waals surface area contributed by atoms with Crippen molar-refractivity contribution in [3.05, 3.63) is 53.3 Å². The molecule has 1 fully saturated rings. The number of amides is 1. The first kappa shape index (κ1) is 18.2. The van der Waals surface area contributed by atoms with Gasteiger partial charge < -0.3 is 10.0 Å². The molecular formula is C21H28N4O2. The largest absolute Gasteiger partial charge is 0.390 e. The maximum absolute atomic E-state index is 12.6. The third-order valence-corrected chi connectivity index (χ3v) is 6.42. The smallest absolute Gasteiger partial charge is 0.257 e. The number of nitrogens with one attached hydrogen (secondary N) is 1. The predicted octanol–water partition coefficient (Wildman–Crippen LogP) is 2.34. The van der Waals surface area contributed by atoms with Crippen LogP contribution in [-0.2, 0) is 5.41 Å². The van der Waals surface area contributed by atoms with Gasteiger partial charge in [0.1, 0.15) is 0 Å². The summed E-state index contributed by atoms with van der Waals surface area (Å²) in [5.74, 6) is 0.0130. The Morgan fingerprint density at radius 2 is 2.11 bits per heavy atom. The molecule has 6 heteroatoms. The number of aliphatic hydroxyl groups is 1. The number of hydrogen-bond donors (Lipinski definition) is 2. The summed E-state index contributed by atoms with van der Waals surface area (Å²) < 4.78 is 0. The van der Waals surface area contributed by atoms with Crippen molar-refractivity contribution < 1.29 is 9.90 Å². The Morgan fingerprint density at radius 3 is 2.78 bits per heavy atom. The van der Waals surface area contributed by atoms with Gasteiger partial charge in [-0.2, -0.15) is 5.10 Å². The van der Waals surface area contributed by atoms with Crippen LogP contribution in [0.3, 0.4) is 0 Å². The summed E-state index contributed by atoms with van der Waals surface area (Å²) >= 11 is 0. The minimum Gasteiger partial charge on any atom is -0.390 e. The lowest BCUT2D eigenvalue weighted by Gasteiger charge is -2.43. The zero-order chi connectivity index (χ0) is 19.0. The Morgan fingerprint density at radius 1 is 1.37 bits per heavy atom. The van der Waals surface area contributed by atoms with Gasteiger partial charge in [-0.3, -0.25) is 14.8 Å². The molecule has 27 heavy (non-hydrogen) atoms. The number of carbonyl (C=O) groups excluding carboxylic acids is 1. The van der Waals surface area contributed by atoms with Crippen molar-refractivity contribution in [1.82, 2.24) is 20.0 Å². The van der Waals surface area contributed by atoms with Crippen LogP contribution in [0.4, 0.5) is 0 Å². The average Bonchev–Trinajstić information content (AvgIpc) is 3.29. The Hall–Kier alpha value is -2.18. The fourth-order valence-electron chi connectivity index (χ4n) is 5.03. The lowest BCUT2D eigenvalue weighted by Crippen LogP contribution is -2.50. The number of piperidine rings is 1. The molecule has 1 aliphatic heterocycles. The summed E-state index contributed by atoms with van der Waals surface area (Å²) in [6, 6.07) is 8.49. The van der Waals surface area contributed by atoms with Gasteiger partial charge >= 0.3 is 0 Å². The number of aliphatic hydroxyl groups excluding tert-OH is 1. The van der Waals surface area contributed by atoms with Crippen molar-refractivity contribution in [2.45, 2.75) is 43.7 Å². The second kappa shape index (κ2) is 7.09. The molecule has 1 aromatic carbocycles. The zero-order valence-electron chi connectivity index (χ0n) is 16.1. The number of benzene rings is 1. The predicted molar refractivity (Wildman–Crippen MR) is 104 cm³/mol. The Kier molecular flexibility index (Phi) is 4.78. The third kappa shape index (κ3) is 2.87. The third-order valence-electron chi connectivity index (χ3n) is 6.42. The molecule has 144 valence electrons. The van der Waals surface area contributed by atoms with Gasteiger partial charge in [0, 0.05) is 24.7 Å². The molecule has 0 radical (unpaired) electrons. The Balaban J connectivity index is 1.59. The molecule has 1 amide bonds. The lowest BCUT2D eigenvalue weighted by atomic mass is 9.72. The molecule has 6 nitrogen and oxygen atoms in total. The van der Waals surface area contributed by atoms with Gasteiger partial charge in [-0.05, 0) is 44.0 Å². The van der Waals surface area contributed by atoms with Crippen LogP contribution in [0.25, 0.3) is 0 Å². The molecule has 1 aromatic heterocycles. The van der Waals surface area contributed by atoms with E-state index in [-0.39, 0.29) is 17.4 Å². The van der Waals surface area contributed by atoms with E-state index in [0.717, 1.165) is 25.8 Å². The summed E-state index contributed by atoms with van der Waals surface area (Å²) in [7, 11) is 2.10. The number of aromatic nitrogens is 2. The topological polar surface area (TPSA) is 72.5 Å². The molecule has 2 N–H and O–H groups in total. The quantitative estimate of drug-likeness (QED) is 0.869. The van der Waals surface area contributed by atoms with Gasteiger partial charge in [0.15, 0.2) is 0 Å². The van der Waals surface area contributed by atoms with Crippen LogP contribution in [0.1, 0.15) is 53.7 Å². The first-order chi connectivity index (χ1) is 13.1. The molecule has 1 spiro atoms. The van der Waals surface area contributed by atoms with Gasteiger partial charge in [-0.15, -0.1) is 0 Å². The molecule has 2 aliphatic rings. The number of likely N-dealkylation sites (tertiary alicyclic amines) is 1. The Bertz CT molecular complexity index is 796. The highest BCUT2D eigenvalue weighted by atomic mass is 16.3. The molecule has 1 aliphatic carbocycles. The minimum atomic E-state index is -0.447. The van der Waals surface area contributed by atoms with Gasteiger partial charge in [0.2, 0.25) is 0 Å². The van der Waals surface area contributed by atoms with Gasteiger partial charge in [0.25, 0.3) is 5.91 Å². The van der Waals surface area contributed by atoms with Crippen LogP contribution in [-0.4, -0.2) is 63.8 Å². The van der Waals surface area contributed by atoms with Crippen molar-refractivity contribution >= 4 is 5.91 Å². The van der Waals surface area contributed by atoms with Crippen molar-refractivity contribution in [3.8, 4) is 0 Å².